The second-order valence-electron chi connectivity index (χ2n) is 5.91. The van der Waals surface area contributed by atoms with Gasteiger partial charge >= 0.3 is 0 Å². The average Bonchev–Trinajstić information content (AvgIpc) is 2.89. The molecule has 0 saturated carbocycles. The molecule has 0 spiro atoms. The highest BCUT2D eigenvalue weighted by molar-refractivity contribution is 7.89. The predicted molar refractivity (Wildman–Crippen MR) is 91.8 cm³/mol. The van der Waals surface area contributed by atoms with Crippen LogP contribution >= 0.6 is 0 Å². The zero-order chi connectivity index (χ0) is 19.2. The molecule has 0 unspecified atom stereocenters. The Morgan fingerprint density at radius 2 is 1.85 bits per heavy atom. The largest absolute Gasteiger partial charge is 0.388 e. The van der Waals surface area contributed by atoms with Crippen LogP contribution in [0.5, 0.6) is 0 Å². The fraction of sp³-hybridized carbons (Fsp3) is 0.562. The van der Waals surface area contributed by atoms with E-state index in [1.165, 1.54) is 19.2 Å². The maximum atomic E-state index is 12.2. The van der Waals surface area contributed by atoms with Crippen LogP contribution in [0.2, 0.25) is 0 Å². The second kappa shape index (κ2) is 9.40. The summed E-state index contributed by atoms with van der Waals surface area (Å²) < 4.78 is 37.0. The van der Waals surface area contributed by atoms with Crippen molar-refractivity contribution in [2.45, 2.75) is 35.7 Å². The third kappa shape index (κ3) is 5.47. The summed E-state index contributed by atoms with van der Waals surface area (Å²) in [5.74, 6) is -0.358. The summed E-state index contributed by atoms with van der Waals surface area (Å²) in [5.41, 5.74) is 0. The van der Waals surface area contributed by atoms with E-state index in [4.69, 9.17) is 9.47 Å². The number of nitrogens with one attached hydrogen (secondary N) is 2. The van der Waals surface area contributed by atoms with Crippen molar-refractivity contribution >= 4 is 15.9 Å². The number of rotatable bonds is 9. The Hall–Kier alpha value is -1.56. The Kier molecular flexibility index (Phi) is 7.50. The van der Waals surface area contributed by atoms with Crippen molar-refractivity contribution in [1.82, 2.24) is 10.0 Å². The molecule has 1 aromatic rings. The maximum absolute atomic E-state index is 12.2. The first-order valence-corrected chi connectivity index (χ1v) is 9.65. The van der Waals surface area contributed by atoms with Crippen molar-refractivity contribution in [2.24, 2.45) is 0 Å². The van der Waals surface area contributed by atoms with Gasteiger partial charge in [-0.25, -0.2) is 13.1 Å². The number of carbonyl (C=O) groups is 1. The number of aliphatic hydroxyl groups excluding tert-OH is 2. The predicted octanol–water partition coefficient (Wildman–Crippen LogP) is -1.39. The molecule has 9 nitrogen and oxygen atoms in total. The average molecular weight is 388 g/mol. The van der Waals surface area contributed by atoms with Gasteiger partial charge in [0.1, 0.15) is 18.3 Å². The minimum Gasteiger partial charge on any atom is -0.388 e. The van der Waals surface area contributed by atoms with E-state index >= 15 is 0 Å². The number of ether oxygens (including phenoxy) is 2. The lowest BCUT2D eigenvalue weighted by Gasteiger charge is -2.15. The van der Waals surface area contributed by atoms with Gasteiger partial charge in [-0.2, -0.15) is 0 Å². The van der Waals surface area contributed by atoms with E-state index in [0.717, 1.165) is 0 Å². The Balaban J connectivity index is 1.88. The van der Waals surface area contributed by atoms with E-state index < -0.39 is 34.4 Å². The minimum atomic E-state index is -3.76. The molecule has 146 valence electrons. The highest BCUT2D eigenvalue weighted by Crippen LogP contribution is 2.23. The van der Waals surface area contributed by atoms with Gasteiger partial charge in [0, 0.05) is 20.2 Å². The lowest BCUT2D eigenvalue weighted by atomic mass is 10.1. The summed E-state index contributed by atoms with van der Waals surface area (Å²) in [7, 11) is -2.25. The molecule has 2 rings (SSSR count). The zero-order valence-electron chi connectivity index (χ0n) is 14.4. The molecule has 0 aromatic heterocycles. The van der Waals surface area contributed by atoms with E-state index in [-0.39, 0.29) is 23.8 Å². The number of benzene rings is 1. The van der Waals surface area contributed by atoms with Crippen molar-refractivity contribution < 1.29 is 32.9 Å². The van der Waals surface area contributed by atoms with Gasteiger partial charge in [-0.05, 0) is 12.1 Å². The molecule has 10 heteroatoms. The highest BCUT2D eigenvalue weighted by Gasteiger charge is 2.43. The fourth-order valence-corrected chi connectivity index (χ4v) is 3.65. The smallest absolute Gasteiger partial charge is 0.240 e. The third-order valence-electron chi connectivity index (χ3n) is 4.00. The molecule has 1 aliphatic heterocycles. The van der Waals surface area contributed by atoms with Gasteiger partial charge in [0.25, 0.3) is 0 Å². The number of aliphatic hydroxyl groups is 2. The van der Waals surface area contributed by atoms with Crippen LogP contribution in [0, 0.1) is 0 Å². The van der Waals surface area contributed by atoms with Gasteiger partial charge < -0.3 is 25.0 Å². The second-order valence-corrected chi connectivity index (χ2v) is 7.67. The first-order valence-electron chi connectivity index (χ1n) is 8.17. The number of hydrogen-bond donors (Lipinski definition) is 4. The van der Waals surface area contributed by atoms with Crippen molar-refractivity contribution in [2.75, 3.05) is 26.8 Å². The molecule has 1 saturated heterocycles. The van der Waals surface area contributed by atoms with Crippen LogP contribution in [0.25, 0.3) is 0 Å². The summed E-state index contributed by atoms with van der Waals surface area (Å²) in [4.78, 5) is 11.9. The molecule has 4 atom stereocenters. The standard InChI is InChI=1S/C16H24N2O7S/c1-24-8-7-17-14(19)9-12-15(20)16(21)13(25-12)10-18-26(22,23)11-5-3-2-4-6-11/h2-6,12-13,15-16,18,20-21H,7-10H2,1H3,(H,17,19)/t12-,13-,15+,16-/m1/s1. The molecule has 26 heavy (non-hydrogen) atoms. The van der Waals surface area contributed by atoms with Crippen LogP contribution in [0.4, 0.5) is 0 Å². The molecule has 0 aliphatic carbocycles. The third-order valence-corrected chi connectivity index (χ3v) is 5.44. The van der Waals surface area contributed by atoms with Crippen molar-refractivity contribution in [1.29, 1.82) is 0 Å². The lowest BCUT2D eigenvalue weighted by molar-refractivity contribution is -0.125. The van der Waals surface area contributed by atoms with Gasteiger partial charge in [-0.1, -0.05) is 18.2 Å². The van der Waals surface area contributed by atoms with Crippen molar-refractivity contribution in [3.63, 3.8) is 0 Å². The van der Waals surface area contributed by atoms with E-state index in [2.05, 4.69) is 10.0 Å². The summed E-state index contributed by atoms with van der Waals surface area (Å²) in [5, 5.41) is 22.7. The molecule has 0 radical (unpaired) electrons. The van der Waals surface area contributed by atoms with E-state index in [1.54, 1.807) is 18.2 Å². The molecular weight excluding hydrogens is 364 g/mol. The van der Waals surface area contributed by atoms with Gasteiger partial charge in [0.2, 0.25) is 15.9 Å². The fourth-order valence-electron chi connectivity index (χ4n) is 2.59. The van der Waals surface area contributed by atoms with Gasteiger partial charge in [0.15, 0.2) is 0 Å². The molecule has 1 aromatic carbocycles. The van der Waals surface area contributed by atoms with E-state index in [0.29, 0.717) is 13.2 Å². The van der Waals surface area contributed by atoms with Gasteiger partial charge in [-0.15, -0.1) is 0 Å². The first-order chi connectivity index (χ1) is 12.3. The van der Waals surface area contributed by atoms with Gasteiger partial charge in [-0.3, -0.25) is 4.79 Å². The van der Waals surface area contributed by atoms with Gasteiger partial charge in [0.05, 0.1) is 24.0 Å². The molecule has 1 amide bonds. The van der Waals surface area contributed by atoms with Crippen molar-refractivity contribution in [3.8, 4) is 0 Å². The van der Waals surface area contributed by atoms with E-state index in [9.17, 15) is 23.4 Å². The monoisotopic (exact) mass is 388 g/mol. The Labute approximate surface area is 152 Å². The number of methoxy groups -OCH3 is 1. The van der Waals surface area contributed by atoms with Crippen LogP contribution in [0.15, 0.2) is 35.2 Å². The van der Waals surface area contributed by atoms with Crippen LogP contribution in [0.1, 0.15) is 6.42 Å². The molecule has 0 bridgehead atoms. The Morgan fingerprint density at radius 1 is 1.19 bits per heavy atom. The SMILES string of the molecule is COCCNC(=O)C[C@H]1O[C@H](CNS(=O)(=O)c2ccccc2)[C@@H](O)[C@H]1O. The van der Waals surface area contributed by atoms with Crippen LogP contribution < -0.4 is 10.0 Å². The molecular formula is C16H24N2O7S. The summed E-state index contributed by atoms with van der Waals surface area (Å²) in [6, 6.07) is 7.77. The Morgan fingerprint density at radius 3 is 2.50 bits per heavy atom. The number of carbonyl (C=O) groups excluding carboxylic acids is 1. The quantitative estimate of drug-likeness (QED) is 0.383. The van der Waals surface area contributed by atoms with Crippen LogP contribution in [-0.4, -0.2) is 75.8 Å². The lowest BCUT2D eigenvalue weighted by Crippen LogP contribution is -2.40. The Bertz CT molecular complexity index is 683. The van der Waals surface area contributed by atoms with E-state index in [1.807, 2.05) is 0 Å². The summed E-state index contributed by atoms with van der Waals surface area (Å²) in [6.07, 6.45) is -4.61. The highest BCUT2D eigenvalue weighted by atomic mass is 32.2. The van der Waals surface area contributed by atoms with Crippen molar-refractivity contribution in [3.05, 3.63) is 30.3 Å². The molecule has 1 heterocycles. The normalized spacial score (nSPS) is 26.0. The maximum Gasteiger partial charge on any atom is 0.240 e. The number of amides is 1. The summed E-state index contributed by atoms with van der Waals surface area (Å²) in [6.45, 7) is 0.449. The number of sulfonamides is 1. The van der Waals surface area contributed by atoms with Crippen LogP contribution in [0.3, 0.4) is 0 Å². The van der Waals surface area contributed by atoms with Crippen LogP contribution in [-0.2, 0) is 24.3 Å². The zero-order valence-corrected chi connectivity index (χ0v) is 15.2. The number of hydrogen-bond acceptors (Lipinski definition) is 7. The molecule has 4 N–H and O–H groups in total. The summed E-state index contributed by atoms with van der Waals surface area (Å²) >= 11 is 0. The molecule has 1 fully saturated rings. The minimum absolute atomic E-state index is 0.0853. The topological polar surface area (TPSA) is 134 Å². The first kappa shape index (κ1) is 20.7. The molecule has 1 aliphatic rings.